The quantitative estimate of drug-likeness (QED) is 0.835. The van der Waals surface area contributed by atoms with E-state index in [4.69, 9.17) is 5.73 Å². The molecule has 1 heterocycles. The highest BCUT2D eigenvalue weighted by atomic mass is 16.1. The molecule has 1 aliphatic carbocycles. The van der Waals surface area contributed by atoms with Crippen LogP contribution in [0.4, 0.5) is 0 Å². The molecule has 3 nitrogen and oxygen atoms in total. The Morgan fingerprint density at radius 1 is 1.12 bits per heavy atom. The summed E-state index contributed by atoms with van der Waals surface area (Å²) in [4.78, 5) is 15.6. The number of nitrogens with two attached hydrogens (primary N) is 1. The molecule has 1 saturated carbocycles. The molecule has 1 aromatic heterocycles. The normalized spacial score (nSPS) is 17.4. The maximum Gasteiger partial charge on any atom is 0.267 e. The Balaban J connectivity index is 1.59. The lowest BCUT2D eigenvalue weighted by molar-refractivity contribution is 0.0995. The monoisotopic (exact) mass is 336 g/mol. The first-order valence-corrected chi connectivity index (χ1v) is 9.29. The van der Waals surface area contributed by atoms with Gasteiger partial charge in [0.2, 0.25) is 0 Å². The number of carbonyl (C=O) groups is 1. The minimum absolute atomic E-state index is 0.307. The number of pyridine rings is 1. The highest BCUT2D eigenvalue weighted by molar-refractivity contribution is 5.91. The molecule has 0 atom stereocenters. The number of amides is 1. The number of hydrogen-bond donors (Lipinski definition) is 1. The van der Waals surface area contributed by atoms with Crippen LogP contribution in [0.25, 0.3) is 11.3 Å². The van der Waals surface area contributed by atoms with E-state index in [1.165, 1.54) is 37.7 Å². The van der Waals surface area contributed by atoms with Crippen molar-refractivity contribution in [3.63, 3.8) is 0 Å². The third-order valence-corrected chi connectivity index (χ3v) is 5.55. The van der Waals surface area contributed by atoms with Gasteiger partial charge in [-0.1, -0.05) is 44.2 Å². The molecule has 3 rings (SSSR count). The van der Waals surface area contributed by atoms with Gasteiger partial charge in [-0.15, -0.1) is 0 Å². The minimum atomic E-state index is -0.492. The molecule has 0 bridgehead atoms. The van der Waals surface area contributed by atoms with Gasteiger partial charge >= 0.3 is 0 Å². The van der Waals surface area contributed by atoms with Gasteiger partial charge in [-0.2, -0.15) is 0 Å². The number of hydrogen-bond acceptors (Lipinski definition) is 2. The van der Waals surface area contributed by atoms with Gasteiger partial charge < -0.3 is 5.73 Å². The van der Waals surface area contributed by atoms with Crippen LogP contribution in [0.3, 0.4) is 0 Å². The largest absolute Gasteiger partial charge is 0.364 e. The Kier molecular flexibility index (Phi) is 5.22. The summed E-state index contributed by atoms with van der Waals surface area (Å²) >= 11 is 0. The molecule has 1 fully saturated rings. The fourth-order valence-corrected chi connectivity index (χ4v) is 3.69. The molecule has 1 aromatic carbocycles. The fourth-order valence-electron chi connectivity index (χ4n) is 3.69. The van der Waals surface area contributed by atoms with E-state index in [0.717, 1.165) is 23.6 Å². The van der Waals surface area contributed by atoms with Crippen molar-refractivity contribution in [1.82, 2.24) is 4.98 Å². The molecule has 132 valence electrons. The summed E-state index contributed by atoms with van der Waals surface area (Å²) in [5.74, 6) is 0.385. The van der Waals surface area contributed by atoms with Crippen LogP contribution in [-0.4, -0.2) is 10.9 Å². The Morgan fingerprint density at radius 3 is 2.44 bits per heavy atom. The maximum atomic E-state index is 11.3. The molecule has 3 heteroatoms. The number of nitrogens with zero attached hydrogens (tertiary/aromatic N) is 1. The van der Waals surface area contributed by atoms with Crippen LogP contribution in [0.15, 0.2) is 42.5 Å². The Hall–Kier alpha value is -2.16. The molecule has 2 aromatic rings. The van der Waals surface area contributed by atoms with Gasteiger partial charge in [0, 0.05) is 5.56 Å². The first-order chi connectivity index (χ1) is 11.9. The van der Waals surface area contributed by atoms with Gasteiger partial charge in [-0.25, -0.2) is 4.98 Å². The second-order valence-electron chi connectivity index (χ2n) is 8.12. The van der Waals surface area contributed by atoms with E-state index < -0.39 is 5.91 Å². The highest BCUT2D eigenvalue weighted by Crippen LogP contribution is 2.39. The predicted molar refractivity (Wildman–Crippen MR) is 102 cm³/mol. The summed E-state index contributed by atoms with van der Waals surface area (Å²) in [5.41, 5.74) is 9.35. The molecule has 2 N–H and O–H groups in total. The van der Waals surface area contributed by atoms with Crippen LogP contribution >= 0.6 is 0 Å². The minimum Gasteiger partial charge on any atom is -0.364 e. The van der Waals surface area contributed by atoms with E-state index >= 15 is 0 Å². The fraction of sp³-hybridized carbons (Fsp3) is 0.455. The molecular formula is C22H28N2O. The molecular weight excluding hydrogens is 308 g/mol. The van der Waals surface area contributed by atoms with Crippen molar-refractivity contribution >= 4 is 5.91 Å². The number of rotatable bonds is 5. The lowest BCUT2D eigenvalue weighted by Crippen LogP contribution is -2.21. The van der Waals surface area contributed by atoms with E-state index in [-0.39, 0.29) is 0 Å². The van der Waals surface area contributed by atoms with Crippen molar-refractivity contribution in [3.05, 3.63) is 53.7 Å². The average molecular weight is 336 g/mol. The molecule has 1 amide bonds. The predicted octanol–water partition coefficient (Wildman–Crippen LogP) is 5.00. The van der Waals surface area contributed by atoms with E-state index in [9.17, 15) is 4.79 Å². The van der Waals surface area contributed by atoms with Crippen molar-refractivity contribution in [3.8, 4) is 11.3 Å². The molecule has 0 spiro atoms. The maximum absolute atomic E-state index is 11.3. The van der Waals surface area contributed by atoms with Crippen LogP contribution in [0.2, 0.25) is 0 Å². The second kappa shape index (κ2) is 7.38. The van der Waals surface area contributed by atoms with Crippen LogP contribution in [-0.2, 0) is 6.42 Å². The number of aryl methyl sites for hydroxylation is 1. The SMILES string of the molecule is CC1(C)CCC(CCc2ccc(-c3cccc(C(N)=O)n3)cc2)CC1. The van der Waals surface area contributed by atoms with E-state index in [0.29, 0.717) is 11.1 Å². The zero-order valence-electron chi connectivity index (χ0n) is 15.3. The first kappa shape index (κ1) is 17.7. The van der Waals surface area contributed by atoms with Gasteiger partial charge in [-0.3, -0.25) is 4.79 Å². The Labute approximate surface area is 150 Å². The Morgan fingerprint density at radius 2 is 1.80 bits per heavy atom. The molecule has 0 saturated heterocycles. The lowest BCUT2D eigenvalue weighted by Gasteiger charge is -2.34. The molecule has 0 aliphatic heterocycles. The second-order valence-corrected chi connectivity index (χ2v) is 8.12. The number of primary amides is 1. The molecule has 25 heavy (non-hydrogen) atoms. The number of carbonyl (C=O) groups excluding carboxylic acids is 1. The lowest BCUT2D eigenvalue weighted by atomic mass is 9.72. The van der Waals surface area contributed by atoms with Crippen molar-refractivity contribution in [2.45, 2.75) is 52.4 Å². The summed E-state index contributed by atoms with van der Waals surface area (Å²) in [7, 11) is 0. The molecule has 1 aliphatic rings. The zero-order chi connectivity index (χ0) is 17.9. The van der Waals surface area contributed by atoms with E-state index in [2.05, 4.69) is 43.1 Å². The van der Waals surface area contributed by atoms with Gasteiger partial charge in [0.05, 0.1) is 5.69 Å². The zero-order valence-corrected chi connectivity index (χ0v) is 15.3. The van der Waals surface area contributed by atoms with Crippen LogP contribution < -0.4 is 5.73 Å². The average Bonchev–Trinajstić information content (AvgIpc) is 2.61. The molecule has 0 radical (unpaired) electrons. The third kappa shape index (κ3) is 4.68. The number of benzene rings is 1. The van der Waals surface area contributed by atoms with Crippen molar-refractivity contribution in [2.24, 2.45) is 17.1 Å². The smallest absolute Gasteiger partial charge is 0.267 e. The van der Waals surface area contributed by atoms with Crippen LogP contribution in [0.1, 0.15) is 62.0 Å². The first-order valence-electron chi connectivity index (χ1n) is 9.29. The van der Waals surface area contributed by atoms with Crippen molar-refractivity contribution < 1.29 is 4.79 Å². The van der Waals surface area contributed by atoms with Crippen LogP contribution in [0, 0.1) is 11.3 Å². The van der Waals surface area contributed by atoms with Gasteiger partial charge in [0.25, 0.3) is 5.91 Å². The highest BCUT2D eigenvalue weighted by Gasteiger charge is 2.26. The summed E-state index contributed by atoms with van der Waals surface area (Å²) in [6.45, 7) is 4.78. The van der Waals surface area contributed by atoms with E-state index in [1.807, 2.05) is 12.1 Å². The van der Waals surface area contributed by atoms with Gasteiger partial charge in [0.15, 0.2) is 0 Å². The summed E-state index contributed by atoms with van der Waals surface area (Å²) in [5, 5.41) is 0. The summed E-state index contributed by atoms with van der Waals surface area (Å²) in [6.07, 6.45) is 7.88. The van der Waals surface area contributed by atoms with Gasteiger partial charge in [-0.05, 0) is 67.6 Å². The van der Waals surface area contributed by atoms with Crippen molar-refractivity contribution in [2.75, 3.05) is 0 Å². The van der Waals surface area contributed by atoms with Crippen molar-refractivity contribution in [1.29, 1.82) is 0 Å². The molecule has 0 unspecified atom stereocenters. The topological polar surface area (TPSA) is 56.0 Å². The van der Waals surface area contributed by atoms with E-state index in [1.54, 1.807) is 6.07 Å². The summed E-state index contributed by atoms with van der Waals surface area (Å²) in [6, 6.07) is 13.9. The van der Waals surface area contributed by atoms with Gasteiger partial charge in [0.1, 0.15) is 5.69 Å². The third-order valence-electron chi connectivity index (χ3n) is 5.55. The van der Waals surface area contributed by atoms with Crippen LogP contribution in [0.5, 0.6) is 0 Å². The standard InChI is InChI=1S/C22H28N2O/c1-22(2)14-12-17(13-15-22)7-6-16-8-10-18(11-9-16)19-4-3-5-20(24-19)21(23)25/h3-5,8-11,17H,6-7,12-15H2,1-2H3,(H2,23,25). The number of aromatic nitrogens is 1. The Bertz CT molecular complexity index is 724. The summed E-state index contributed by atoms with van der Waals surface area (Å²) < 4.78 is 0.